The first-order valence-corrected chi connectivity index (χ1v) is 7.67. The van der Waals surface area contributed by atoms with Crippen LogP contribution < -0.4 is 5.32 Å². The minimum Gasteiger partial charge on any atom is -0.311 e. The Bertz CT molecular complexity index is 386. The Morgan fingerprint density at radius 1 is 1.26 bits per heavy atom. The third-order valence-electron chi connectivity index (χ3n) is 4.68. The van der Waals surface area contributed by atoms with Crippen molar-refractivity contribution in [3.05, 3.63) is 35.9 Å². The van der Waals surface area contributed by atoms with E-state index in [0.29, 0.717) is 12.1 Å². The lowest BCUT2D eigenvalue weighted by Crippen LogP contribution is -2.63. The van der Waals surface area contributed by atoms with Crippen LogP contribution in [0.3, 0.4) is 0 Å². The number of nitrogens with zero attached hydrogens (tertiary/aromatic N) is 1. The van der Waals surface area contributed by atoms with Gasteiger partial charge in [-0.3, -0.25) is 4.90 Å². The van der Waals surface area contributed by atoms with E-state index in [0.717, 1.165) is 13.1 Å². The molecule has 0 aliphatic carbocycles. The lowest BCUT2D eigenvalue weighted by Gasteiger charge is -2.51. The van der Waals surface area contributed by atoms with E-state index in [2.05, 4.69) is 68.2 Å². The lowest BCUT2D eigenvalue weighted by molar-refractivity contribution is 0.00956. The van der Waals surface area contributed by atoms with Gasteiger partial charge in [0, 0.05) is 25.2 Å². The van der Waals surface area contributed by atoms with Gasteiger partial charge < -0.3 is 5.32 Å². The Kier molecular flexibility index (Phi) is 4.64. The molecule has 1 fully saturated rings. The summed E-state index contributed by atoms with van der Waals surface area (Å²) < 4.78 is 0. The summed E-state index contributed by atoms with van der Waals surface area (Å²) in [4.78, 5) is 2.73. The molecule has 1 heterocycles. The second-order valence-electron chi connectivity index (χ2n) is 6.04. The lowest BCUT2D eigenvalue weighted by atomic mass is 9.85. The predicted octanol–water partition coefficient (Wildman–Crippen LogP) is 3.38. The van der Waals surface area contributed by atoms with Gasteiger partial charge in [0.1, 0.15) is 0 Å². The fourth-order valence-electron chi connectivity index (χ4n) is 3.38. The highest BCUT2D eigenvalue weighted by molar-refractivity contribution is 5.25. The van der Waals surface area contributed by atoms with Crippen molar-refractivity contribution in [3.8, 4) is 0 Å². The first kappa shape index (κ1) is 14.5. The van der Waals surface area contributed by atoms with E-state index >= 15 is 0 Å². The number of nitrogens with one attached hydrogen (secondary N) is 1. The number of piperazine rings is 1. The topological polar surface area (TPSA) is 15.3 Å². The van der Waals surface area contributed by atoms with Gasteiger partial charge in [-0.2, -0.15) is 0 Å². The first-order chi connectivity index (χ1) is 9.11. The van der Waals surface area contributed by atoms with Crippen LogP contribution in [0.25, 0.3) is 0 Å². The molecule has 1 saturated heterocycles. The second kappa shape index (κ2) is 6.06. The molecule has 1 N–H and O–H groups in total. The summed E-state index contributed by atoms with van der Waals surface area (Å²) in [5, 5.41) is 3.66. The average Bonchev–Trinajstić information content (AvgIpc) is 2.45. The summed E-state index contributed by atoms with van der Waals surface area (Å²) in [7, 11) is 0. The Balaban J connectivity index is 2.34. The molecule has 0 aromatic heterocycles. The van der Waals surface area contributed by atoms with Crippen LogP contribution in [0.5, 0.6) is 0 Å². The molecule has 0 saturated carbocycles. The standard InChI is InChI=1S/C17H28N2/c1-5-16(6-2)19-12-14(3)18-13-17(19,4)15-10-8-7-9-11-15/h7-11,14,16,18H,5-6,12-13H2,1-4H3. The third kappa shape index (κ3) is 2.85. The van der Waals surface area contributed by atoms with E-state index in [1.54, 1.807) is 0 Å². The summed E-state index contributed by atoms with van der Waals surface area (Å²) in [5.41, 5.74) is 1.55. The summed E-state index contributed by atoms with van der Waals surface area (Å²) in [5.74, 6) is 0. The third-order valence-corrected chi connectivity index (χ3v) is 4.68. The summed E-state index contributed by atoms with van der Waals surface area (Å²) in [6, 6.07) is 12.2. The zero-order valence-corrected chi connectivity index (χ0v) is 12.8. The molecule has 2 atom stereocenters. The molecule has 0 spiro atoms. The molecule has 0 amide bonds. The van der Waals surface area contributed by atoms with Crippen molar-refractivity contribution in [1.82, 2.24) is 10.2 Å². The molecule has 2 nitrogen and oxygen atoms in total. The monoisotopic (exact) mass is 260 g/mol. The number of rotatable bonds is 4. The van der Waals surface area contributed by atoms with Gasteiger partial charge in [0.05, 0.1) is 5.54 Å². The maximum absolute atomic E-state index is 3.66. The van der Waals surface area contributed by atoms with Crippen LogP contribution in [-0.2, 0) is 5.54 Å². The van der Waals surface area contributed by atoms with Gasteiger partial charge in [-0.15, -0.1) is 0 Å². The van der Waals surface area contributed by atoms with Gasteiger partial charge in [0.15, 0.2) is 0 Å². The molecular weight excluding hydrogens is 232 g/mol. The molecule has 2 heteroatoms. The van der Waals surface area contributed by atoms with Gasteiger partial charge in [-0.05, 0) is 32.3 Å². The van der Waals surface area contributed by atoms with Gasteiger partial charge in [0.25, 0.3) is 0 Å². The van der Waals surface area contributed by atoms with Crippen molar-refractivity contribution in [2.24, 2.45) is 0 Å². The van der Waals surface area contributed by atoms with Crippen LogP contribution in [0, 0.1) is 0 Å². The van der Waals surface area contributed by atoms with Crippen LogP contribution in [-0.4, -0.2) is 30.1 Å². The highest BCUT2D eigenvalue weighted by Gasteiger charge is 2.40. The van der Waals surface area contributed by atoms with E-state index in [4.69, 9.17) is 0 Å². The Hall–Kier alpha value is -0.860. The SMILES string of the molecule is CCC(CC)N1CC(C)NCC1(C)c1ccccc1. The smallest absolute Gasteiger partial charge is 0.0560 e. The largest absolute Gasteiger partial charge is 0.311 e. The van der Waals surface area contributed by atoms with Crippen LogP contribution in [0.1, 0.15) is 46.1 Å². The number of hydrogen-bond acceptors (Lipinski definition) is 2. The molecule has 19 heavy (non-hydrogen) atoms. The van der Waals surface area contributed by atoms with E-state index < -0.39 is 0 Å². The molecule has 2 rings (SSSR count). The van der Waals surface area contributed by atoms with Gasteiger partial charge in [-0.1, -0.05) is 44.2 Å². The summed E-state index contributed by atoms with van der Waals surface area (Å²) in [6.07, 6.45) is 2.46. The minimum absolute atomic E-state index is 0.116. The van der Waals surface area contributed by atoms with E-state index in [1.165, 1.54) is 18.4 Å². The summed E-state index contributed by atoms with van der Waals surface area (Å²) in [6.45, 7) is 11.5. The van der Waals surface area contributed by atoms with Crippen molar-refractivity contribution < 1.29 is 0 Å². The fourth-order valence-corrected chi connectivity index (χ4v) is 3.38. The average molecular weight is 260 g/mol. The van der Waals surface area contributed by atoms with Crippen molar-refractivity contribution in [2.45, 2.75) is 58.2 Å². The normalized spacial score (nSPS) is 28.8. The van der Waals surface area contributed by atoms with E-state index in [1.807, 2.05) is 0 Å². The molecule has 1 aromatic carbocycles. The highest BCUT2D eigenvalue weighted by atomic mass is 15.3. The van der Waals surface area contributed by atoms with Crippen molar-refractivity contribution in [3.63, 3.8) is 0 Å². The van der Waals surface area contributed by atoms with Gasteiger partial charge in [0.2, 0.25) is 0 Å². The van der Waals surface area contributed by atoms with Crippen LogP contribution in [0.4, 0.5) is 0 Å². The molecule has 1 aliphatic rings. The zero-order chi connectivity index (χ0) is 13.9. The van der Waals surface area contributed by atoms with E-state index in [-0.39, 0.29) is 5.54 Å². The van der Waals surface area contributed by atoms with Crippen molar-refractivity contribution in [2.75, 3.05) is 13.1 Å². The van der Waals surface area contributed by atoms with E-state index in [9.17, 15) is 0 Å². The quantitative estimate of drug-likeness (QED) is 0.893. The van der Waals surface area contributed by atoms with Crippen LogP contribution in [0.2, 0.25) is 0 Å². The highest BCUT2D eigenvalue weighted by Crippen LogP contribution is 2.33. The molecule has 1 aromatic rings. The molecule has 106 valence electrons. The number of hydrogen-bond donors (Lipinski definition) is 1. The van der Waals surface area contributed by atoms with Crippen molar-refractivity contribution >= 4 is 0 Å². The van der Waals surface area contributed by atoms with Crippen LogP contribution >= 0.6 is 0 Å². The second-order valence-corrected chi connectivity index (χ2v) is 6.04. The molecule has 0 bridgehead atoms. The van der Waals surface area contributed by atoms with Crippen LogP contribution in [0.15, 0.2) is 30.3 Å². The Morgan fingerprint density at radius 2 is 1.89 bits per heavy atom. The molecule has 1 aliphatic heterocycles. The molecular formula is C17H28N2. The predicted molar refractivity (Wildman–Crippen MR) is 82.3 cm³/mol. The minimum atomic E-state index is 0.116. The zero-order valence-electron chi connectivity index (χ0n) is 12.8. The number of benzene rings is 1. The molecule has 0 radical (unpaired) electrons. The Labute approximate surface area is 118 Å². The maximum Gasteiger partial charge on any atom is 0.0560 e. The first-order valence-electron chi connectivity index (χ1n) is 7.67. The summed E-state index contributed by atoms with van der Waals surface area (Å²) >= 11 is 0. The molecule has 2 unspecified atom stereocenters. The van der Waals surface area contributed by atoms with Gasteiger partial charge in [-0.25, -0.2) is 0 Å². The maximum atomic E-state index is 3.66. The van der Waals surface area contributed by atoms with Gasteiger partial charge >= 0.3 is 0 Å². The van der Waals surface area contributed by atoms with Crippen molar-refractivity contribution in [1.29, 1.82) is 0 Å². The fraction of sp³-hybridized carbons (Fsp3) is 0.647. The Morgan fingerprint density at radius 3 is 2.47 bits per heavy atom.